The molecule has 0 unspecified atom stereocenters. The van der Waals surface area contributed by atoms with Crippen LogP contribution in [0.15, 0.2) is 11.8 Å². The van der Waals surface area contributed by atoms with E-state index in [1.165, 1.54) is 32.3 Å². The fourth-order valence-electron chi connectivity index (χ4n) is 2.66. The molecule has 1 saturated carbocycles. The van der Waals surface area contributed by atoms with Gasteiger partial charge in [0.05, 0.1) is 0 Å². The largest absolute Gasteiger partial charge is 0.377 e. The average Bonchev–Trinajstić information content (AvgIpc) is 2.35. The summed E-state index contributed by atoms with van der Waals surface area (Å²) >= 11 is 0. The normalized spacial score (nSPS) is 18.8. The first-order valence-corrected chi connectivity index (χ1v) is 7.66. The highest BCUT2D eigenvalue weighted by molar-refractivity contribution is 5.88. The van der Waals surface area contributed by atoms with Crippen LogP contribution in [0.5, 0.6) is 0 Å². The second-order valence-corrected chi connectivity index (χ2v) is 6.15. The zero-order chi connectivity index (χ0) is 15.1. The molecule has 4 heteroatoms. The molecule has 1 amide bonds. The number of carbonyl (C=O) groups excluding carboxylic acids is 2. The van der Waals surface area contributed by atoms with Gasteiger partial charge in [0.25, 0.3) is 0 Å². The Morgan fingerprint density at radius 2 is 1.70 bits per heavy atom. The summed E-state index contributed by atoms with van der Waals surface area (Å²) in [5.74, 6) is 0.210. The molecule has 0 aromatic heterocycles. The number of ketones is 1. The minimum atomic E-state index is -0.285. The highest BCUT2D eigenvalue weighted by Crippen LogP contribution is 2.18. The Kier molecular flexibility index (Phi) is 6.76. The average molecular weight is 280 g/mol. The molecule has 1 atom stereocenters. The van der Waals surface area contributed by atoms with Gasteiger partial charge in [0.2, 0.25) is 5.91 Å². The Hall–Kier alpha value is -1.32. The number of rotatable bonds is 6. The summed E-state index contributed by atoms with van der Waals surface area (Å²) in [6.07, 6.45) is 7.38. The van der Waals surface area contributed by atoms with E-state index < -0.39 is 0 Å². The summed E-state index contributed by atoms with van der Waals surface area (Å²) in [5.41, 5.74) is 0.745. The summed E-state index contributed by atoms with van der Waals surface area (Å²) in [7, 11) is 0. The summed E-state index contributed by atoms with van der Waals surface area (Å²) in [4.78, 5) is 23.5. The van der Waals surface area contributed by atoms with Crippen molar-refractivity contribution >= 4 is 11.7 Å². The van der Waals surface area contributed by atoms with Gasteiger partial charge in [0, 0.05) is 11.7 Å². The van der Waals surface area contributed by atoms with Gasteiger partial charge in [-0.15, -0.1) is 0 Å². The second-order valence-electron chi connectivity index (χ2n) is 6.15. The molecule has 2 N–H and O–H groups in total. The third kappa shape index (κ3) is 5.76. The van der Waals surface area contributed by atoms with E-state index >= 15 is 0 Å². The van der Waals surface area contributed by atoms with E-state index in [4.69, 9.17) is 0 Å². The molecular formula is C16H28N2O2. The number of hydrogen-bond acceptors (Lipinski definition) is 3. The Morgan fingerprint density at radius 3 is 2.20 bits per heavy atom. The van der Waals surface area contributed by atoms with Gasteiger partial charge < -0.3 is 10.6 Å². The third-order valence-corrected chi connectivity index (χ3v) is 3.70. The molecule has 0 aromatic carbocycles. The van der Waals surface area contributed by atoms with E-state index in [2.05, 4.69) is 10.6 Å². The van der Waals surface area contributed by atoms with Crippen LogP contribution in [-0.4, -0.2) is 23.8 Å². The van der Waals surface area contributed by atoms with Crippen LogP contribution < -0.4 is 10.6 Å². The number of carbonyl (C=O) groups is 2. The lowest BCUT2D eigenvalue weighted by atomic mass is 9.94. The highest BCUT2D eigenvalue weighted by atomic mass is 16.2. The standard InChI is InChI=1S/C16H28N2O2/c1-11(2)15(17-12(3)10-13(4)19)16(20)18-14-8-6-5-7-9-14/h10-11,14-15,17H,5-9H2,1-4H3,(H,18,20)/b12-10-/t15-/m0/s1. The lowest BCUT2D eigenvalue weighted by Crippen LogP contribution is -2.50. The van der Waals surface area contributed by atoms with Crippen molar-refractivity contribution in [3.63, 3.8) is 0 Å². The van der Waals surface area contributed by atoms with Crippen LogP contribution in [0, 0.1) is 5.92 Å². The van der Waals surface area contributed by atoms with Gasteiger partial charge in [0.1, 0.15) is 6.04 Å². The summed E-state index contributed by atoms with van der Waals surface area (Å²) in [6.45, 7) is 7.36. The van der Waals surface area contributed by atoms with Gasteiger partial charge >= 0.3 is 0 Å². The van der Waals surface area contributed by atoms with Crippen LogP contribution in [0.1, 0.15) is 59.8 Å². The van der Waals surface area contributed by atoms with E-state index in [0.717, 1.165) is 18.5 Å². The van der Waals surface area contributed by atoms with E-state index in [1.54, 1.807) is 0 Å². The maximum atomic E-state index is 12.4. The Balaban J connectivity index is 2.60. The van der Waals surface area contributed by atoms with Gasteiger partial charge in [-0.2, -0.15) is 0 Å². The highest BCUT2D eigenvalue weighted by Gasteiger charge is 2.25. The molecule has 114 valence electrons. The zero-order valence-electron chi connectivity index (χ0n) is 13.2. The molecule has 0 aromatic rings. The number of amides is 1. The predicted molar refractivity (Wildman–Crippen MR) is 81.2 cm³/mol. The Labute approximate surface area is 122 Å². The van der Waals surface area contributed by atoms with Gasteiger partial charge in [0.15, 0.2) is 5.78 Å². The molecule has 0 radical (unpaired) electrons. The first-order chi connectivity index (χ1) is 9.40. The van der Waals surface area contributed by atoms with E-state index in [-0.39, 0.29) is 23.7 Å². The molecule has 1 rings (SSSR count). The quantitative estimate of drug-likeness (QED) is 0.735. The molecule has 0 heterocycles. The maximum absolute atomic E-state index is 12.4. The summed E-state index contributed by atoms with van der Waals surface area (Å²) in [5, 5.41) is 6.31. The predicted octanol–water partition coefficient (Wildman–Crippen LogP) is 2.54. The number of nitrogens with one attached hydrogen (secondary N) is 2. The van der Waals surface area contributed by atoms with Crippen molar-refractivity contribution in [3.8, 4) is 0 Å². The Bertz CT molecular complexity index is 369. The van der Waals surface area contributed by atoms with Crippen LogP contribution in [0.4, 0.5) is 0 Å². The summed E-state index contributed by atoms with van der Waals surface area (Å²) in [6, 6.07) is 0.0314. The lowest BCUT2D eigenvalue weighted by Gasteiger charge is -2.28. The van der Waals surface area contributed by atoms with Crippen molar-refractivity contribution in [3.05, 3.63) is 11.8 Å². The van der Waals surface area contributed by atoms with Crippen LogP contribution in [0.25, 0.3) is 0 Å². The van der Waals surface area contributed by atoms with Crippen molar-refractivity contribution in [2.75, 3.05) is 0 Å². The smallest absolute Gasteiger partial charge is 0.242 e. The molecule has 0 bridgehead atoms. The first kappa shape index (κ1) is 16.7. The molecule has 1 fully saturated rings. The molecule has 1 aliphatic carbocycles. The van der Waals surface area contributed by atoms with Gasteiger partial charge in [-0.1, -0.05) is 33.1 Å². The maximum Gasteiger partial charge on any atom is 0.242 e. The minimum absolute atomic E-state index is 0.00908. The topological polar surface area (TPSA) is 58.2 Å². The molecular weight excluding hydrogens is 252 g/mol. The molecule has 4 nitrogen and oxygen atoms in total. The molecule has 20 heavy (non-hydrogen) atoms. The van der Waals surface area contributed by atoms with E-state index in [9.17, 15) is 9.59 Å². The van der Waals surface area contributed by atoms with Crippen molar-refractivity contribution < 1.29 is 9.59 Å². The van der Waals surface area contributed by atoms with Crippen LogP contribution in [0.3, 0.4) is 0 Å². The first-order valence-electron chi connectivity index (χ1n) is 7.66. The van der Waals surface area contributed by atoms with Gasteiger partial charge in [-0.3, -0.25) is 9.59 Å². The second kappa shape index (κ2) is 8.08. The molecule has 0 aliphatic heterocycles. The van der Waals surface area contributed by atoms with Crippen LogP contribution >= 0.6 is 0 Å². The number of allylic oxidation sites excluding steroid dienone is 2. The van der Waals surface area contributed by atoms with Crippen LogP contribution in [-0.2, 0) is 9.59 Å². The fraction of sp³-hybridized carbons (Fsp3) is 0.750. The number of hydrogen-bond donors (Lipinski definition) is 2. The lowest BCUT2D eigenvalue weighted by molar-refractivity contribution is -0.125. The third-order valence-electron chi connectivity index (χ3n) is 3.70. The Morgan fingerprint density at radius 1 is 1.10 bits per heavy atom. The van der Waals surface area contributed by atoms with Gasteiger partial charge in [-0.05, 0) is 38.7 Å². The molecule has 0 spiro atoms. The molecule has 1 aliphatic rings. The fourth-order valence-corrected chi connectivity index (χ4v) is 2.66. The SMILES string of the molecule is CC(=O)/C=C(/C)N[C@H](C(=O)NC1CCCCC1)C(C)C. The summed E-state index contributed by atoms with van der Waals surface area (Å²) < 4.78 is 0. The minimum Gasteiger partial charge on any atom is -0.377 e. The molecule has 0 saturated heterocycles. The van der Waals surface area contributed by atoms with E-state index in [1.807, 2.05) is 20.8 Å². The van der Waals surface area contributed by atoms with Gasteiger partial charge in [-0.25, -0.2) is 0 Å². The van der Waals surface area contributed by atoms with Crippen molar-refractivity contribution in [1.82, 2.24) is 10.6 Å². The van der Waals surface area contributed by atoms with E-state index in [0.29, 0.717) is 6.04 Å². The zero-order valence-corrected chi connectivity index (χ0v) is 13.2. The van der Waals surface area contributed by atoms with Crippen LogP contribution in [0.2, 0.25) is 0 Å². The van der Waals surface area contributed by atoms with Crippen molar-refractivity contribution in [2.24, 2.45) is 5.92 Å². The van der Waals surface area contributed by atoms with Crippen molar-refractivity contribution in [1.29, 1.82) is 0 Å². The monoisotopic (exact) mass is 280 g/mol. The van der Waals surface area contributed by atoms with Crippen molar-refractivity contribution in [2.45, 2.75) is 71.9 Å².